The maximum absolute atomic E-state index is 13.0. The first kappa shape index (κ1) is 20.8. The summed E-state index contributed by atoms with van der Waals surface area (Å²) in [5.74, 6) is 0.232. The van der Waals surface area contributed by atoms with Crippen LogP contribution in [0.4, 0.5) is 5.69 Å². The summed E-state index contributed by atoms with van der Waals surface area (Å²) in [7, 11) is 0. The van der Waals surface area contributed by atoms with Gasteiger partial charge in [0.25, 0.3) is 11.8 Å². The maximum atomic E-state index is 13.0. The lowest BCUT2D eigenvalue weighted by Crippen LogP contribution is -2.43. The van der Waals surface area contributed by atoms with Crippen molar-refractivity contribution < 1.29 is 14.3 Å². The van der Waals surface area contributed by atoms with Crippen LogP contribution in [0.1, 0.15) is 67.2 Å². The van der Waals surface area contributed by atoms with E-state index >= 15 is 0 Å². The molecule has 29 heavy (non-hydrogen) atoms. The Kier molecular flexibility index (Phi) is 6.86. The first-order valence-corrected chi connectivity index (χ1v) is 10.3. The number of likely N-dealkylation sites (tertiary alicyclic amines) is 1. The van der Waals surface area contributed by atoms with Crippen molar-refractivity contribution in [2.75, 3.05) is 11.9 Å². The molecule has 0 aliphatic carbocycles. The van der Waals surface area contributed by atoms with E-state index in [4.69, 9.17) is 4.74 Å². The molecule has 1 aromatic heterocycles. The minimum Gasteiger partial charge on any atom is -0.489 e. The van der Waals surface area contributed by atoms with Gasteiger partial charge in [0.1, 0.15) is 5.75 Å². The number of pyridine rings is 1. The number of benzene rings is 1. The van der Waals surface area contributed by atoms with Gasteiger partial charge in [-0.25, -0.2) is 0 Å². The molecule has 1 aliphatic rings. The van der Waals surface area contributed by atoms with Gasteiger partial charge in [0, 0.05) is 25.0 Å². The molecule has 154 valence electrons. The lowest BCUT2D eigenvalue weighted by atomic mass is 9.99. The number of piperidine rings is 1. The molecule has 1 aromatic carbocycles. The molecular formula is C23H29N3O3. The molecule has 1 saturated heterocycles. The van der Waals surface area contributed by atoms with Gasteiger partial charge in [0.05, 0.1) is 22.9 Å². The number of hydrogen-bond acceptors (Lipinski definition) is 4. The highest BCUT2D eigenvalue weighted by molar-refractivity contribution is 6.06. The van der Waals surface area contributed by atoms with Gasteiger partial charge < -0.3 is 15.0 Å². The normalized spacial score (nSPS) is 16.6. The first-order chi connectivity index (χ1) is 14.0. The van der Waals surface area contributed by atoms with Crippen molar-refractivity contribution in [3.63, 3.8) is 0 Å². The fraction of sp³-hybridized carbons (Fsp3) is 0.435. The van der Waals surface area contributed by atoms with Crippen LogP contribution in [0.2, 0.25) is 0 Å². The van der Waals surface area contributed by atoms with Crippen LogP contribution in [0, 0.1) is 0 Å². The van der Waals surface area contributed by atoms with Crippen molar-refractivity contribution in [2.24, 2.45) is 0 Å². The molecule has 1 atom stereocenters. The Bertz CT molecular complexity index is 866. The van der Waals surface area contributed by atoms with E-state index in [1.54, 1.807) is 12.1 Å². The molecule has 2 heterocycles. The first-order valence-electron chi connectivity index (χ1n) is 10.3. The number of amides is 2. The average Bonchev–Trinajstić information content (AvgIpc) is 2.74. The van der Waals surface area contributed by atoms with Crippen molar-refractivity contribution in [3.8, 4) is 5.75 Å². The van der Waals surface area contributed by atoms with Crippen LogP contribution < -0.4 is 10.1 Å². The van der Waals surface area contributed by atoms with Crippen LogP contribution in [-0.2, 0) is 0 Å². The Hall–Kier alpha value is -2.89. The summed E-state index contributed by atoms with van der Waals surface area (Å²) >= 11 is 0. The van der Waals surface area contributed by atoms with Crippen LogP contribution in [0.25, 0.3) is 0 Å². The largest absolute Gasteiger partial charge is 0.489 e. The van der Waals surface area contributed by atoms with E-state index in [2.05, 4.69) is 17.2 Å². The quantitative estimate of drug-likeness (QED) is 0.780. The van der Waals surface area contributed by atoms with E-state index in [9.17, 15) is 9.59 Å². The number of rotatable bonds is 6. The molecule has 2 aromatic rings. The average molecular weight is 396 g/mol. The standard InChI is InChI=1S/C23H29N3O3/c1-4-19-9-7-8-12-26(19)23(28)18-13-17(14-24-15-18)22(27)25-20-10-5-6-11-21(20)29-16(2)3/h5-6,10-11,13-16,19H,4,7-9,12H2,1-3H3,(H,25,27). The van der Waals surface area contributed by atoms with E-state index in [0.29, 0.717) is 22.6 Å². The van der Waals surface area contributed by atoms with Gasteiger partial charge in [-0.2, -0.15) is 0 Å². The second kappa shape index (κ2) is 9.54. The van der Waals surface area contributed by atoms with E-state index < -0.39 is 0 Å². The van der Waals surface area contributed by atoms with E-state index in [-0.39, 0.29) is 24.0 Å². The van der Waals surface area contributed by atoms with Crippen molar-refractivity contribution >= 4 is 17.5 Å². The third-order valence-electron chi connectivity index (χ3n) is 5.10. The van der Waals surface area contributed by atoms with Gasteiger partial charge in [0.2, 0.25) is 0 Å². The summed E-state index contributed by atoms with van der Waals surface area (Å²) in [6.07, 6.45) is 7.14. The zero-order valence-electron chi connectivity index (χ0n) is 17.4. The fourth-order valence-corrected chi connectivity index (χ4v) is 3.66. The summed E-state index contributed by atoms with van der Waals surface area (Å²) < 4.78 is 5.76. The van der Waals surface area contributed by atoms with Gasteiger partial charge in [-0.05, 0) is 57.7 Å². The van der Waals surface area contributed by atoms with Crippen molar-refractivity contribution in [1.82, 2.24) is 9.88 Å². The molecular weight excluding hydrogens is 366 g/mol. The second-order valence-electron chi connectivity index (χ2n) is 7.64. The molecule has 6 heteroatoms. The molecule has 1 fully saturated rings. The summed E-state index contributed by atoms with van der Waals surface area (Å²) in [5.41, 5.74) is 1.38. The monoisotopic (exact) mass is 395 g/mol. The van der Waals surface area contributed by atoms with Crippen molar-refractivity contribution in [1.29, 1.82) is 0 Å². The Balaban J connectivity index is 1.77. The molecule has 0 saturated carbocycles. The molecule has 0 spiro atoms. The number of carbonyl (C=O) groups is 2. The summed E-state index contributed by atoms with van der Waals surface area (Å²) in [6.45, 7) is 6.73. The van der Waals surface area contributed by atoms with E-state index in [1.165, 1.54) is 12.4 Å². The van der Waals surface area contributed by atoms with Crippen LogP contribution in [0.5, 0.6) is 5.75 Å². The van der Waals surface area contributed by atoms with Gasteiger partial charge in [-0.3, -0.25) is 14.6 Å². The van der Waals surface area contributed by atoms with Gasteiger partial charge in [-0.1, -0.05) is 19.1 Å². The van der Waals surface area contributed by atoms with E-state index in [1.807, 2.05) is 36.9 Å². The number of hydrogen-bond donors (Lipinski definition) is 1. The second-order valence-corrected chi connectivity index (χ2v) is 7.64. The highest BCUT2D eigenvalue weighted by Gasteiger charge is 2.26. The summed E-state index contributed by atoms with van der Waals surface area (Å²) in [5, 5.41) is 2.87. The predicted molar refractivity (Wildman–Crippen MR) is 113 cm³/mol. The number of ether oxygens (including phenoxy) is 1. The highest BCUT2D eigenvalue weighted by atomic mass is 16.5. The summed E-state index contributed by atoms with van der Waals surface area (Å²) in [6, 6.07) is 9.18. The molecule has 1 N–H and O–H groups in total. The van der Waals surface area contributed by atoms with Crippen LogP contribution in [-0.4, -0.2) is 40.4 Å². The Morgan fingerprint density at radius 3 is 2.72 bits per heavy atom. The SMILES string of the molecule is CCC1CCCCN1C(=O)c1cncc(C(=O)Nc2ccccc2OC(C)C)c1. The zero-order valence-corrected chi connectivity index (χ0v) is 17.4. The van der Waals surface area contributed by atoms with E-state index in [0.717, 1.165) is 32.2 Å². The van der Waals surface area contributed by atoms with Gasteiger partial charge in [0.15, 0.2) is 0 Å². The third-order valence-corrected chi connectivity index (χ3v) is 5.10. The Morgan fingerprint density at radius 2 is 1.97 bits per heavy atom. The summed E-state index contributed by atoms with van der Waals surface area (Å²) in [4.78, 5) is 31.9. The molecule has 2 amide bonds. The minimum absolute atomic E-state index is 0.00766. The lowest BCUT2D eigenvalue weighted by Gasteiger charge is -2.35. The van der Waals surface area contributed by atoms with Gasteiger partial charge in [-0.15, -0.1) is 0 Å². The predicted octanol–water partition coefficient (Wildman–Crippen LogP) is 4.53. The minimum atomic E-state index is -0.322. The molecule has 0 bridgehead atoms. The molecule has 3 rings (SSSR count). The van der Waals surface area contributed by atoms with Crippen LogP contribution >= 0.6 is 0 Å². The fourth-order valence-electron chi connectivity index (χ4n) is 3.66. The number of nitrogens with one attached hydrogen (secondary N) is 1. The maximum Gasteiger partial charge on any atom is 0.257 e. The number of carbonyl (C=O) groups excluding carboxylic acids is 2. The molecule has 1 aliphatic heterocycles. The molecule has 1 unspecified atom stereocenters. The third kappa shape index (κ3) is 5.13. The Labute approximate surface area is 172 Å². The van der Waals surface area contributed by atoms with Crippen molar-refractivity contribution in [3.05, 3.63) is 53.9 Å². The smallest absolute Gasteiger partial charge is 0.257 e. The number of anilines is 1. The number of para-hydroxylation sites is 2. The van der Waals surface area contributed by atoms with Crippen LogP contribution in [0.3, 0.4) is 0 Å². The molecule has 0 radical (unpaired) electrons. The van der Waals surface area contributed by atoms with Crippen molar-refractivity contribution in [2.45, 2.75) is 58.6 Å². The number of nitrogens with zero attached hydrogens (tertiary/aromatic N) is 2. The lowest BCUT2D eigenvalue weighted by molar-refractivity contribution is 0.0607. The number of aromatic nitrogens is 1. The highest BCUT2D eigenvalue weighted by Crippen LogP contribution is 2.26. The Morgan fingerprint density at radius 1 is 1.21 bits per heavy atom. The zero-order chi connectivity index (χ0) is 20.8. The topological polar surface area (TPSA) is 71.5 Å². The van der Waals surface area contributed by atoms with Gasteiger partial charge >= 0.3 is 0 Å². The van der Waals surface area contributed by atoms with Crippen LogP contribution in [0.15, 0.2) is 42.7 Å². The molecule has 6 nitrogen and oxygen atoms in total.